The summed E-state index contributed by atoms with van der Waals surface area (Å²) >= 11 is 0. The smallest absolute Gasteiger partial charge is 0.257 e. The molecule has 0 spiro atoms. The maximum atomic E-state index is 13.8. The Labute approximate surface area is 206 Å². The number of nitrogens with zero attached hydrogens (tertiary/aromatic N) is 1. The third-order valence-corrected chi connectivity index (χ3v) is 6.40. The predicted molar refractivity (Wildman–Crippen MR) is 140 cm³/mol. The van der Waals surface area contributed by atoms with Crippen molar-refractivity contribution in [3.8, 4) is 5.75 Å². The van der Waals surface area contributed by atoms with Crippen LogP contribution < -0.4 is 10.1 Å². The summed E-state index contributed by atoms with van der Waals surface area (Å²) in [4.78, 5) is 15.7. The molecule has 0 aliphatic carbocycles. The molecule has 4 aromatic carbocycles. The van der Waals surface area contributed by atoms with Gasteiger partial charge >= 0.3 is 0 Å². The van der Waals surface area contributed by atoms with Crippen LogP contribution >= 0.6 is 0 Å². The second kappa shape index (κ2) is 10.6. The van der Waals surface area contributed by atoms with E-state index in [-0.39, 0.29) is 12.1 Å². The minimum atomic E-state index is -0.366. The van der Waals surface area contributed by atoms with Gasteiger partial charge in [0.25, 0.3) is 5.91 Å². The van der Waals surface area contributed by atoms with Crippen LogP contribution in [0.15, 0.2) is 91.0 Å². The number of benzene rings is 4. The van der Waals surface area contributed by atoms with Crippen molar-refractivity contribution in [2.24, 2.45) is 0 Å². The monoisotopic (exact) mass is 466 g/mol. The summed E-state index contributed by atoms with van der Waals surface area (Å²) in [6.45, 7) is 4.16. The molecule has 1 aliphatic heterocycles. The zero-order chi connectivity index (χ0) is 24.0. The Morgan fingerprint density at radius 3 is 2.49 bits per heavy atom. The molecule has 178 valence electrons. The molecule has 0 saturated heterocycles. The van der Waals surface area contributed by atoms with Gasteiger partial charge in [-0.05, 0) is 47.9 Å². The van der Waals surface area contributed by atoms with Crippen LogP contribution in [0.4, 0.5) is 5.69 Å². The Morgan fingerprint density at radius 2 is 1.63 bits per heavy atom. The maximum Gasteiger partial charge on any atom is 0.257 e. The van der Waals surface area contributed by atoms with E-state index in [2.05, 4.69) is 35.6 Å². The first-order valence-corrected chi connectivity index (χ1v) is 12.2. The van der Waals surface area contributed by atoms with E-state index in [0.717, 1.165) is 34.2 Å². The molecule has 0 saturated carbocycles. The zero-order valence-corrected chi connectivity index (χ0v) is 19.9. The van der Waals surface area contributed by atoms with E-state index in [1.807, 2.05) is 72.5 Å². The van der Waals surface area contributed by atoms with E-state index in [9.17, 15) is 4.79 Å². The molecular formula is C30H30N2O3. The molecular weight excluding hydrogens is 436 g/mol. The Hall–Kier alpha value is -3.83. The third-order valence-electron chi connectivity index (χ3n) is 6.40. The number of ether oxygens (including phenoxy) is 2. The van der Waals surface area contributed by atoms with Crippen LogP contribution in [0, 0.1) is 0 Å². The van der Waals surface area contributed by atoms with E-state index in [1.54, 1.807) is 0 Å². The van der Waals surface area contributed by atoms with E-state index >= 15 is 0 Å². The van der Waals surface area contributed by atoms with Crippen molar-refractivity contribution in [2.75, 3.05) is 31.7 Å². The molecule has 0 radical (unpaired) electrons. The normalized spacial score (nSPS) is 15.1. The molecule has 1 heterocycles. The van der Waals surface area contributed by atoms with Crippen molar-refractivity contribution in [3.05, 3.63) is 108 Å². The highest BCUT2D eigenvalue weighted by Crippen LogP contribution is 2.40. The Balaban J connectivity index is 1.57. The summed E-state index contributed by atoms with van der Waals surface area (Å²) in [6.07, 6.45) is 0.396. The number of amides is 1. The number of carbonyl (C=O) groups is 1. The molecule has 0 aromatic heterocycles. The molecule has 1 atom stereocenters. The van der Waals surface area contributed by atoms with Crippen LogP contribution in [-0.4, -0.2) is 37.2 Å². The highest BCUT2D eigenvalue weighted by Gasteiger charge is 2.35. The lowest BCUT2D eigenvalue weighted by molar-refractivity contribution is 0.0681. The highest BCUT2D eigenvalue weighted by atomic mass is 16.5. The number of anilines is 1. The number of rotatable bonds is 9. The van der Waals surface area contributed by atoms with Gasteiger partial charge in [-0.2, -0.15) is 0 Å². The minimum absolute atomic E-state index is 0.0217. The van der Waals surface area contributed by atoms with Gasteiger partial charge in [-0.1, -0.05) is 72.8 Å². The van der Waals surface area contributed by atoms with Gasteiger partial charge in [0.05, 0.1) is 12.2 Å². The van der Waals surface area contributed by atoms with Gasteiger partial charge in [0.2, 0.25) is 0 Å². The molecule has 1 amide bonds. The molecule has 5 heteroatoms. The second-order valence-corrected chi connectivity index (χ2v) is 8.57. The summed E-state index contributed by atoms with van der Waals surface area (Å²) in [6, 6.07) is 30.3. The summed E-state index contributed by atoms with van der Waals surface area (Å²) in [5.74, 6) is 0.784. The SMILES string of the molecule is CCOCCOc1ccc2ccccc2c1C1Nc2ccccc2C(=O)N1CCc1ccccc1. The highest BCUT2D eigenvalue weighted by molar-refractivity contribution is 6.02. The maximum absolute atomic E-state index is 13.8. The first-order valence-electron chi connectivity index (χ1n) is 12.2. The van der Waals surface area contributed by atoms with Crippen LogP contribution in [0.3, 0.4) is 0 Å². The zero-order valence-electron chi connectivity index (χ0n) is 19.9. The van der Waals surface area contributed by atoms with Crippen LogP contribution in [0.2, 0.25) is 0 Å². The van der Waals surface area contributed by atoms with E-state index < -0.39 is 0 Å². The predicted octanol–water partition coefficient (Wildman–Crippen LogP) is 6.06. The van der Waals surface area contributed by atoms with E-state index in [1.165, 1.54) is 5.56 Å². The molecule has 1 unspecified atom stereocenters. The largest absolute Gasteiger partial charge is 0.491 e. The molecule has 0 fully saturated rings. The average Bonchev–Trinajstić information content (AvgIpc) is 2.91. The quantitative estimate of drug-likeness (QED) is 0.305. The summed E-state index contributed by atoms with van der Waals surface area (Å²) in [5, 5.41) is 5.83. The lowest BCUT2D eigenvalue weighted by Gasteiger charge is -2.39. The first kappa shape index (κ1) is 22.9. The van der Waals surface area contributed by atoms with Gasteiger partial charge in [0.1, 0.15) is 18.5 Å². The van der Waals surface area contributed by atoms with Crippen molar-refractivity contribution in [3.63, 3.8) is 0 Å². The topological polar surface area (TPSA) is 50.8 Å². The first-order chi connectivity index (χ1) is 17.3. The number of fused-ring (bicyclic) bond motifs is 2. The number of hydrogen-bond donors (Lipinski definition) is 1. The lowest BCUT2D eigenvalue weighted by atomic mass is 9.97. The van der Waals surface area contributed by atoms with Crippen molar-refractivity contribution >= 4 is 22.4 Å². The number of nitrogens with one attached hydrogen (secondary N) is 1. The lowest BCUT2D eigenvalue weighted by Crippen LogP contribution is -2.44. The summed E-state index contributed by atoms with van der Waals surface area (Å²) < 4.78 is 11.7. The van der Waals surface area contributed by atoms with Crippen molar-refractivity contribution < 1.29 is 14.3 Å². The van der Waals surface area contributed by atoms with Gasteiger partial charge in [0, 0.05) is 24.4 Å². The van der Waals surface area contributed by atoms with Crippen molar-refractivity contribution in [1.82, 2.24) is 4.90 Å². The fourth-order valence-electron chi connectivity index (χ4n) is 4.68. The van der Waals surface area contributed by atoms with E-state index in [0.29, 0.717) is 31.9 Å². The number of hydrogen-bond acceptors (Lipinski definition) is 4. The van der Waals surface area contributed by atoms with Gasteiger partial charge in [-0.25, -0.2) is 0 Å². The van der Waals surface area contributed by atoms with Crippen LogP contribution in [-0.2, 0) is 11.2 Å². The third kappa shape index (κ3) is 4.86. The Kier molecular flexibility index (Phi) is 6.96. The average molecular weight is 467 g/mol. The van der Waals surface area contributed by atoms with Gasteiger partial charge in [0.15, 0.2) is 0 Å². The van der Waals surface area contributed by atoms with Crippen molar-refractivity contribution in [1.29, 1.82) is 0 Å². The second-order valence-electron chi connectivity index (χ2n) is 8.57. The number of carbonyl (C=O) groups excluding carboxylic acids is 1. The molecule has 35 heavy (non-hydrogen) atoms. The van der Waals surface area contributed by atoms with Crippen LogP contribution in [0.25, 0.3) is 10.8 Å². The summed E-state index contributed by atoms with van der Waals surface area (Å²) in [5.41, 5.74) is 3.70. The molecule has 5 nitrogen and oxygen atoms in total. The molecule has 1 aliphatic rings. The Bertz CT molecular complexity index is 1310. The van der Waals surface area contributed by atoms with Gasteiger partial charge < -0.3 is 19.7 Å². The molecule has 4 aromatic rings. The summed E-state index contributed by atoms with van der Waals surface area (Å²) in [7, 11) is 0. The van der Waals surface area contributed by atoms with Gasteiger partial charge in [-0.15, -0.1) is 0 Å². The molecule has 1 N–H and O–H groups in total. The van der Waals surface area contributed by atoms with Crippen LogP contribution in [0.5, 0.6) is 5.75 Å². The molecule has 5 rings (SSSR count). The standard InChI is InChI=1S/C30H30N2O3/c1-2-34-20-21-35-27-17-16-23-12-6-7-13-24(23)28(27)29-31-26-15-9-8-14-25(26)30(33)32(29)19-18-22-10-4-3-5-11-22/h3-17,29,31H,2,18-21H2,1H3. The fourth-order valence-corrected chi connectivity index (χ4v) is 4.68. The Morgan fingerprint density at radius 1 is 0.857 bits per heavy atom. The minimum Gasteiger partial charge on any atom is -0.491 e. The van der Waals surface area contributed by atoms with E-state index in [4.69, 9.17) is 9.47 Å². The van der Waals surface area contributed by atoms with Crippen molar-refractivity contribution in [2.45, 2.75) is 19.5 Å². The molecule has 0 bridgehead atoms. The van der Waals surface area contributed by atoms with Crippen LogP contribution in [0.1, 0.15) is 34.6 Å². The fraction of sp³-hybridized carbons (Fsp3) is 0.233. The van der Waals surface area contributed by atoms with Gasteiger partial charge in [-0.3, -0.25) is 4.79 Å². The number of para-hydroxylation sites is 1.